The normalized spacial score (nSPS) is 11.7. The average Bonchev–Trinajstić information content (AvgIpc) is 2.86. The van der Waals surface area contributed by atoms with Crippen LogP contribution in [0.3, 0.4) is 0 Å². The molecule has 2 aromatic heterocycles. The van der Waals surface area contributed by atoms with Crippen molar-refractivity contribution in [3.63, 3.8) is 0 Å². The lowest BCUT2D eigenvalue weighted by molar-refractivity contribution is 0.528. The van der Waals surface area contributed by atoms with Gasteiger partial charge in [-0.15, -0.1) is 11.3 Å². The number of hydrogen-bond acceptors (Lipinski definition) is 3. The van der Waals surface area contributed by atoms with Gasteiger partial charge in [0.25, 0.3) is 0 Å². The molecule has 0 bridgehead atoms. The molecule has 0 unspecified atom stereocenters. The first-order valence-corrected chi connectivity index (χ1v) is 5.76. The highest BCUT2D eigenvalue weighted by molar-refractivity contribution is 7.10. The van der Waals surface area contributed by atoms with E-state index < -0.39 is 0 Å². The molecule has 78 valence electrons. The van der Waals surface area contributed by atoms with E-state index in [4.69, 9.17) is 0 Å². The van der Waals surface area contributed by atoms with Crippen molar-refractivity contribution in [1.82, 2.24) is 14.8 Å². The van der Waals surface area contributed by atoms with Crippen molar-refractivity contribution < 1.29 is 0 Å². The molecule has 2 aromatic rings. The molecule has 0 aliphatic carbocycles. The molecule has 0 aromatic carbocycles. The summed E-state index contributed by atoms with van der Waals surface area (Å²) in [5.74, 6) is 0. The quantitative estimate of drug-likeness (QED) is 0.794. The van der Waals surface area contributed by atoms with Gasteiger partial charge in [0.2, 0.25) is 0 Å². The standard InChI is InChI=1S/C11H13N3S/c1-9(2)14-10(5-6-13-14)3-4-11-12-7-8-15-11/h3-9H,1-2H3. The number of thiazole rings is 1. The Labute approximate surface area is 93.1 Å². The zero-order valence-electron chi connectivity index (χ0n) is 8.79. The molecule has 15 heavy (non-hydrogen) atoms. The van der Waals surface area contributed by atoms with Crippen molar-refractivity contribution in [2.75, 3.05) is 0 Å². The molecule has 0 radical (unpaired) electrons. The third-order valence-corrected chi connectivity index (χ3v) is 2.78. The van der Waals surface area contributed by atoms with Crippen LogP contribution in [0.2, 0.25) is 0 Å². The zero-order valence-corrected chi connectivity index (χ0v) is 9.61. The second-order valence-electron chi connectivity index (χ2n) is 3.50. The highest BCUT2D eigenvalue weighted by Gasteiger charge is 2.02. The van der Waals surface area contributed by atoms with Crippen molar-refractivity contribution in [3.05, 3.63) is 34.5 Å². The first-order valence-electron chi connectivity index (χ1n) is 4.88. The van der Waals surface area contributed by atoms with E-state index in [-0.39, 0.29) is 0 Å². The first-order chi connectivity index (χ1) is 7.27. The van der Waals surface area contributed by atoms with Gasteiger partial charge >= 0.3 is 0 Å². The van der Waals surface area contributed by atoms with Gasteiger partial charge in [-0.3, -0.25) is 4.68 Å². The molecule has 0 fully saturated rings. The average molecular weight is 219 g/mol. The van der Waals surface area contributed by atoms with Crippen molar-refractivity contribution >= 4 is 23.5 Å². The maximum atomic E-state index is 4.26. The summed E-state index contributed by atoms with van der Waals surface area (Å²) in [6.45, 7) is 4.24. The highest BCUT2D eigenvalue weighted by atomic mass is 32.1. The van der Waals surface area contributed by atoms with E-state index in [0.717, 1.165) is 10.7 Å². The molecule has 0 atom stereocenters. The van der Waals surface area contributed by atoms with Gasteiger partial charge in [0.05, 0.1) is 5.69 Å². The molecule has 0 spiro atoms. The Kier molecular flexibility index (Phi) is 2.97. The van der Waals surface area contributed by atoms with Gasteiger partial charge in [0, 0.05) is 23.8 Å². The minimum Gasteiger partial charge on any atom is -0.263 e. The Balaban J connectivity index is 2.21. The van der Waals surface area contributed by atoms with Crippen LogP contribution in [-0.2, 0) is 0 Å². The van der Waals surface area contributed by atoms with Gasteiger partial charge < -0.3 is 0 Å². The van der Waals surface area contributed by atoms with Crippen molar-refractivity contribution in [3.8, 4) is 0 Å². The lowest BCUT2D eigenvalue weighted by atomic mass is 10.3. The molecule has 0 amide bonds. The van der Waals surface area contributed by atoms with E-state index in [2.05, 4.69) is 23.9 Å². The van der Waals surface area contributed by atoms with E-state index in [0.29, 0.717) is 6.04 Å². The van der Waals surface area contributed by atoms with Gasteiger partial charge in [-0.2, -0.15) is 5.10 Å². The molecule has 0 aliphatic heterocycles. The van der Waals surface area contributed by atoms with Gasteiger partial charge in [-0.05, 0) is 32.1 Å². The van der Waals surface area contributed by atoms with Crippen LogP contribution in [0.4, 0.5) is 0 Å². The van der Waals surface area contributed by atoms with E-state index in [1.54, 1.807) is 11.3 Å². The number of rotatable bonds is 3. The third-order valence-electron chi connectivity index (χ3n) is 2.04. The Morgan fingerprint density at radius 1 is 1.33 bits per heavy atom. The van der Waals surface area contributed by atoms with Crippen LogP contribution in [0.5, 0.6) is 0 Å². The van der Waals surface area contributed by atoms with Crippen molar-refractivity contribution in [2.24, 2.45) is 0 Å². The van der Waals surface area contributed by atoms with Gasteiger partial charge in [0.15, 0.2) is 0 Å². The number of aromatic nitrogens is 3. The van der Waals surface area contributed by atoms with Crippen LogP contribution >= 0.6 is 11.3 Å². The molecule has 0 saturated carbocycles. The maximum Gasteiger partial charge on any atom is 0.116 e. The molecule has 4 heteroatoms. The largest absolute Gasteiger partial charge is 0.263 e. The van der Waals surface area contributed by atoms with Crippen LogP contribution in [0.25, 0.3) is 12.2 Å². The van der Waals surface area contributed by atoms with E-state index in [1.807, 2.05) is 40.7 Å². The monoisotopic (exact) mass is 219 g/mol. The Morgan fingerprint density at radius 2 is 2.20 bits per heavy atom. The van der Waals surface area contributed by atoms with Crippen molar-refractivity contribution in [1.29, 1.82) is 0 Å². The molecule has 3 nitrogen and oxygen atoms in total. The maximum absolute atomic E-state index is 4.26. The van der Waals surface area contributed by atoms with E-state index in [9.17, 15) is 0 Å². The van der Waals surface area contributed by atoms with Crippen LogP contribution < -0.4 is 0 Å². The molecule has 2 heterocycles. The number of hydrogen-bond donors (Lipinski definition) is 0. The molecule has 2 rings (SSSR count). The van der Waals surface area contributed by atoms with Gasteiger partial charge in [-0.1, -0.05) is 0 Å². The van der Waals surface area contributed by atoms with Crippen LogP contribution in [0.15, 0.2) is 23.8 Å². The SMILES string of the molecule is CC(C)n1nccc1C=Cc1nccs1. The molecule has 0 N–H and O–H groups in total. The van der Waals surface area contributed by atoms with E-state index in [1.165, 1.54) is 0 Å². The Morgan fingerprint density at radius 3 is 2.87 bits per heavy atom. The minimum atomic E-state index is 0.385. The van der Waals surface area contributed by atoms with Crippen LogP contribution in [0, 0.1) is 0 Å². The van der Waals surface area contributed by atoms with Gasteiger partial charge in [0.1, 0.15) is 5.01 Å². The van der Waals surface area contributed by atoms with Gasteiger partial charge in [-0.25, -0.2) is 4.98 Å². The van der Waals surface area contributed by atoms with Crippen molar-refractivity contribution in [2.45, 2.75) is 19.9 Å². The Bertz CT molecular complexity index is 440. The Hall–Kier alpha value is -1.42. The number of nitrogens with zero attached hydrogens (tertiary/aromatic N) is 3. The smallest absolute Gasteiger partial charge is 0.116 e. The lowest BCUT2D eigenvalue weighted by Crippen LogP contribution is -2.04. The minimum absolute atomic E-state index is 0.385. The summed E-state index contributed by atoms with van der Waals surface area (Å²) in [5, 5.41) is 7.26. The second kappa shape index (κ2) is 4.40. The lowest BCUT2D eigenvalue weighted by Gasteiger charge is -2.07. The van der Waals surface area contributed by atoms with Crippen LogP contribution in [0.1, 0.15) is 30.6 Å². The zero-order chi connectivity index (χ0) is 10.7. The summed E-state index contributed by atoms with van der Waals surface area (Å²) in [5.41, 5.74) is 1.11. The molecule has 0 saturated heterocycles. The fourth-order valence-corrected chi connectivity index (χ4v) is 1.89. The summed E-state index contributed by atoms with van der Waals surface area (Å²) < 4.78 is 1.99. The predicted molar refractivity (Wildman–Crippen MR) is 63.7 cm³/mol. The second-order valence-corrected chi connectivity index (χ2v) is 4.42. The fourth-order valence-electron chi connectivity index (χ4n) is 1.36. The summed E-state index contributed by atoms with van der Waals surface area (Å²) in [6.07, 6.45) is 7.69. The van der Waals surface area contributed by atoms with Crippen LogP contribution in [-0.4, -0.2) is 14.8 Å². The molecule has 0 aliphatic rings. The highest BCUT2D eigenvalue weighted by Crippen LogP contribution is 2.13. The van der Waals surface area contributed by atoms with E-state index >= 15 is 0 Å². The molecular weight excluding hydrogens is 206 g/mol. The topological polar surface area (TPSA) is 30.7 Å². The fraction of sp³-hybridized carbons (Fsp3) is 0.273. The molecular formula is C11H13N3S. The summed E-state index contributed by atoms with van der Waals surface area (Å²) >= 11 is 1.63. The summed E-state index contributed by atoms with van der Waals surface area (Å²) in [7, 11) is 0. The third kappa shape index (κ3) is 2.33. The summed E-state index contributed by atoms with van der Waals surface area (Å²) in [6, 6.07) is 2.39. The predicted octanol–water partition coefficient (Wildman–Crippen LogP) is 3.09. The summed E-state index contributed by atoms with van der Waals surface area (Å²) in [4.78, 5) is 4.19. The first kappa shape index (κ1) is 10.1.